The summed E-state index contributed by atoms with van der Waals surface area (Å²) in [7, 11) is 1.60. The highest BCUT2D eigenvalue weighted by molar-refractivity contribution is 6.29. The number of urea groups is 1. The SMILES string of the molecule is CN1CC(=O)N(c2ccc(N[C@H]3CC[C@H](Nc4cnc(Cl)cn4)C3)nc2)C1=O. The number of hydrogen-bond donors (Lipinski definition) is 2. The number of amides is 3. The highest BCUT2D eigenvalue weighted by atomic mass is 35.5. The van der Waals surface area contributed by atoms with Crippen LogP contribution in [0.25, 0.3) is 0 Å². The Balaban J connectivity index is 1.33. The van der Waals surface area contributed by atoms with Crippen LogP contribution >= 0.6 is 11.6 Å². The molecule has 3 heterocycles. The van der Waals surface area contributed by atoms with Crippen molar-refractivity contribution >= 4 is 40.9 Å². The van der Waals surface area contributed by atoms with Gasteiger partial charge in [0.1, 0.15) is 23.3 Å². The number of imide groups is 1. The third-order valence-corrected chi connectivity index (χ3v) is 5.10. The molecule has 1 saturated heterocycles. The molecular formula is C18H20ClN7O2. The average molecular weight is 402 g/mol. The fraction of sp³-hybridized carbons (Fsp3) is 0.389. The van der Waals surface area contributed by atoms with Gasteiger partial charge in [-0.05, 0) is 31.4 Å². The summed E-state index contributed by atoms with van der Waals surface area (Å²) in [6.45, 7) is 0.0906. The van der Waals surface area contributed by atoms with Gasteiger partial charge in [0.25, 0.3) is 5.91 Å². The maximum atomic E-state index is 12.0. The first-order valence-electron chi connectivity index (χ1n) is 9.04. The van der Waals surface area contributed by atoms with Crippen LogP contribution in [0.2, 0.25) is 5.15 Å². The van der Waals surface area contributed by atoms with Gasteiger partial charge in [-0.25, -0.2) is 24.6 Å². The predicted octanol–water partition coefficient (Wildman–Crippen LogP) is 2.37. The van der Waals surface area contributed by atoms with Gasteiger partial charge in [0, 0.05) is 19.1 Å². The molecule has 1 saturated carbocycles. The van der Waals surface area contributed by atoms with Gasteiger partial charge >= 0.3 is 6.03 Å². The minimum atomic E-state index is -0.331. The van der Waals surface area contributed by atoms with Gasteiger partial charge in [-0.1, -0.05) is 11.6 Å². The van der Waals surface area contributed by atoms with Crippen molar-refractivity contribution in [2.24, 2.45) is 0 Å². The van der Waals surface area contributed by atoms with Gasteiger partial charge in [0.15, 0.2) is 0 Å². The zero-order chi connectivity index (χ0) is 19.7. The first-order valence-corrected chi connectivity index (χ1v) is 9.42. The number of carbonyl (C=O) groups is 2. The number of aromatic nitrogens is 3. The highest BCUT2D eigenvalue weighted by Gasteiger charge is 2.35. The molecular weight excluding hydrogens is 382 g/mol. The lowest BCUT2D eigenvalue weighted by molar-refractivity contribution is -0.116. The first kappa shape index (κ1) is 18.4. The molecule has 2 aromatic rings. The van der Waals surface area contributed by atoms with Crippen molar-refractivity contribution in [1.29, 1.82) is 0 Å². The van der Waals surface area contributed by atoms with Gasteiger partial charge in [-0.2, -0.15) is 0 Å². The lowest BCUT2D eigenvalue weighted by atomic mass is 10.2. The molecule has 0 radical (unpaired) electrons. The molecule has 1 aliphatic carbocycles. The topological polar surface area (TPSA) is 103 Å². The molecule has 0 aromatic carbocycles. The predicted molar refractivity (Wildman–Crippen MR) is 105 cm³/mol. The molecule has 28 heavy (non-hydrogen) atoms. The largest absolute Gasteiger partial charge is 0.367 e. The quantitative estimate of drug-likeness (QED) is 0.741. The molecule has 3 amide bonds. The summed E-state index contributed by atoms with van der Waals surface area (Å²) in [5.74, 6) is 1.18. The number of rotatable bonds is 5. The molecule has 2 aromatic heterocycles. The van der Waals surface area contributed by atoms with Crippen LogP contribution in [-0.2, 0) is 4.79 Å². The van der Waals surface area contributed by atoms with E-state index in [9.17, 15) is 9.59 Å². The number of carbonyl (C=O) groups excluding carboxylic acids is 2. The summed E-state index contributed by atoms with van der Waals surface area (Å²) < 4.78 is 0. The monoisotopic (exact) mass is 401 g/mol. The summed E-state index contributed by atoms with van der Waals surface area (Å²) in [4.78, 5) is 39.1. The second-order valence-electron chi connectivity index (χ2n) is 6.99. The van der Waals surface area contributed by atoms with E-state index in [1.165, 1.54) is 11.1 Å². The third-order valence-electron chi connectivity index (χ3n) is 4.90. The number of pyridine rings is 1. The fourth-order valence-electron chi connectivity index (χ4n) is 3.53. The van der Waals surface area contributed by atoms with Crippen molar-refractivity contribution in [3.63, 3.8) is 0 Å². The van der Waals surface area contributed by atoms with E-state index in [2.05, 4.69) is 25.6 Å². The van der Waals surface area contributed by atoms with Gasteiger partial charge in [0.05, 0.1) is 24.3 Å². The summed E-state index contributed by atoms with van der Waals surface area (Å²) >= 11 is 5.76. The standard InChI is InChI=1S/C18H20ClN7O2/c1-25-10-17(27)26(18(25)28)13-4-5-15(21-7-13)23-11-2-3-12(6-11)24-16-9-20-14(19)8-22-16/h4-5,7-9,11-12H,2-3,6,10H2,1H3,(H,21,23)(H,22,24)/t11-,12-/m0/s1. The summed E-state index contributed by atoms with van der Waals surface area (Å²) in [6.07, 6.45) is 7.61. The lowest BCUT2D eigenvalue weighted by Crippen LogP contribution is -2.31. The minimum Gasteiger partial charge on any atom is -0.367 e. The molecule has 1 aliphatic heterocycles. The van der Waals surface area contributed by atoms with Crippen molar-refractivity contribution in [2.75, 3.05) is 29.1 Å². The van der Waals surface area contributed by atoms with Crippen LogP contribution in [0.3, 0.4) is 0 Å². The van der Waals surface area contributed by atoms with Gasteiger partial charge in [-0.15, -0.1) is 0 Å². The van der Waals surface area contributed by atoms with E-state index in [1.807, 2.05) is 0 Å². The molecule has 2 N–H and O–H groups in total. The average Bonchev–Trinajstić information content (AvgIpc) is 3.21. The Bertz CT molecular complexity index is 875. The Morgan fingerprint density at radius 3 is 2.29 bits per heavy atom. The van der Waals surface area contributed by atoms with E-state index in [1.54, 1.807) is 31.6 Å². The fourth-order valence-corrected chi connectivity index (χ4v) is 3.62. The minimum absolute atomic E-state index is 0.0906. The number of halogens is 1. The lowest BCUT2D eigenvalue weighted by Gasteiger charge is -2.17. The third kappa shape index (κ3) is 3.84. The molecule has 9 nitrogen and oxygen atoms in total. The van der Waals surface area contributed by atoms with Crippen molar-refractivity contribution < 1.29 is 9.59 Å². The van der Waals surface area contributed by atoms with Gasteiger partial charge in [0.2, 0.25) is 0 Å². The molecule has 4 rings (SSSR count). The van der Waals surface area contributed by atoms with Crippen LogP contribution in [-0.4, -0.2) is 57.5 Å². The second kappa shape index (κ2) is 7.59. The summed E-state index contributed by atoms with van der Waals surface area (Å²) in [6, 6.07) is 3.76. The zero-order valence-electron chi connectivity index (χ0n) is 15.3. The van der Waals surface area contributed by atoms with Crippen LogP contribution in [0.1, 0.15) is 19.3 Å². The molecule has 0 unspecified atom stereocenters. The molecule has 146 valence electrons. The van der Waals surface area contributed by atoms with Crippen molar-refractivity contribution in [1.82, 2.24) is 19.9 Å². The maximum Gasteiger partial charge on any atom is 0.331 e. The molecule has 2 fully saturated rings. The van der Waals surface area contributed by atoms with Crippen LogP contribution in [0, 0.1) is 0 Å². The first-order chi connectivity index (χ1) is 13.5. The van der Waals surface area contributed by atoms with E-state index >= 15 is 0 Å². The number of hydrogen-bond acceptors (Lipinski definition) is 7. The normalized spacial score (nSPS) is 22.1. The Morgan fingerprint density at radius 2 is 1.71 bits per heavy atom. The molecule has 10 heteroatoms. The second-order valence-corrected chi connectivity index (χ2v) is 7.38. The number of nitrogens with zero attached hydrogens (tertiary/aromatic N) is 5. The smallest absolute Gasteiger partial charge is 0.331 e. The zero-order valence-corrected chi connectivity index (χ0v) is 16.1. The van der Waals surface area contributed by atoms with Crippen LogP contribution < -0.4 is 15.5 Å². The van der Waals surface area contributed by atoms with E-state index in [-0.39, 0.29) is 24.5 Å². The van der Waals surface area contributed by atoms with Crippen LogP contribution in [0.4, 0.5) is 22.1 Å². The van der Waals surface area contributed by atoms with E-state index < -0.39 is 0 Å². The summed E-state index contributed by atoms with van der Waals surface area (Å²) in [5.41, 5.74) is 0.483. The number of nitrogens with one attached hydrogen (secondary N) is 2. The molecule has 0 spiro atoms. The highest BCUT2D eigenvalue weighted by Crippen LogP contribution is 2.26. The van der Waals surface area contributed by atoms with E-state index in [0.29, 0.717) is 28.5 Å². The van der Waals surface area contributed by atoms with Gasteiger partial charge in [-0.3, -0.25) is 4.79 Å². The summed E-state index contributed by atoms with van der Waals surface area (Å²) in [5, 5.41) is 7.14. The van der Waals surface area contributed by atoms with Crippen molar-refractivity contribution in [3.8, 4) is 0 Å². The Labute approximate surface area is 167 Å². The molecule has 2 atom stereocenters. The Hall–Kier alpha value is -2.94. The maximum absolute atomic E-state index is 12.0. The van der Waals surface area contributed by atoms with E-state index in [4.69, 9.17) is 11.6 Å². The molecule has 2 aliphatic rings. The van der Waals surface area contributed by atoms with E-state index in [0.717, 1.165) is 24.2 Å². The van der Waals surface area contributed by atoms with Crippen LogP contribution in [0.15, 0.2) is 30.7 Å². The van der Waals surface area contributed by atoms with Crippen molar-refractivity contribution in [3.05, 3.63) is 35.9 Å². The van der Waals surface area contributed by atoms with Crippen LogP contribution in [0.5, 0.6) is 0 Å². The number of likely N-dealkylation sites (N-methyl/N-ethyl adjacent to an activating group) is 1. The van der Waals surface area contributed by atoms with Crippen molar-refractivity contribution in [2.45, 2.75) is 31.3 Å². The Kier molecular flexibility index (Phi) is 4.99. The number of anilines is 3. The molecule has 0 bridgehead atoms. The Morgan fingerprint density at radius 1 is 1.00 bits per heavy atom. The van der Waals surface area contributed by atoms with Gasteiger partial charge < -0.3 is 15.5 Å².